The molecule has 1 heterocycles. The lowest BCUT2D eigenvalue weighted by Crippen LogP contribution is -2.47. The van der Waals surface area contributed by atoms with E-state index in [9.17, 15) is 19.2 Å². The topological polar surface area (TPSA) is 131 Å². The third kappa shape index (κ3) is 5.24. The summed E-state index contributed by atoms with van der Waals surface area (Å²) in [7, 11) is 0. The molecule has 0 aromatic carbocycles. The van der Waals surface area contributed by atoms with Gasteiger partial charge in [0.05, 0.1) is 6.42 Å². The van der Waals surface area contributed by atoms with Gasteiger partial charge in [0.1, 0.15) is 12.1 Å². The number of carbonyl (C=O) groups is 3. The Morgan fingerprint density at radius 3 is 2.52 bits per heavy atom. The zero-order valence-corrected chi connectivity index (χ0v) is 13.1. The van der Waals surface area contributed by atoms with Crippen molar-refractivity contribution >= 4 is 17.8 Å². The molecule has 8 nitrogen and oxygen atoms in total. The lowest BCUT2D eigenvalue weighted by Gasteiger charge is -2.21. The Kier molecular flexibility index (Phi) is 6.49. The molecular weight excluding hydrogens is 302 g/mol. The van der Waals surface area contributed by atoms with Gasteiger partial charge in [-0.2, -0.15) is 0 Å². The van der Waals surface area contributed by atoms with Crippen LogP contribution in [0.25, 0.3) is 0 Å². The highest BCUT2D eigenvalue weighted by atomic mass is 16.4. The summed E-state index contributed by atoms with van der Waals surface area (Å²) < 4.78 is 1.28. The van der Waals surface area contributed by atoms with Crippen LogP contribution in [0.15, 0.2) is 23.1 Å². The van der Waals surface area contributed by atoms with Crippen LogP contribution in [0.5, 0.6) is 0 Å². The number of primary amides is 1. The van der Waals surface area contributed by atoms with Crippen molar-refractivity contribution in [3.8, 4) is 0 Å². The first-order valence-electron chi connectivity index (χ1n) is 7.26. The third-order valence-corrected chi connectivity index (χ3v) is 3.31. The number of amides is 2. The van der Waals surface area contributed by atoms with Crippen molar-refractivity contribution in [1.82, 2.24) is 9.88 Å². The van der Waals surface area contributed by atoms with Crippen molar-refractivity contribution in [2.75, 3.05) is 0 Å². The number of carbonyl (C=O) groups excluding carboxylic acids is 2. The Hall–Kier alpha value is -2.64. The Morgan fingerprint density at radius 2 is 2.00 bits per heavy atom. The average Bonchev–Trinajstić information content (AvgIpc) is 2.46. The second kappa shape index (κ2) is 8.11. The van der Waals surface area contributed by atoms with E-state index in [0.717, 1.165) is 5.56 Å². The summed E-state index contributed by atoms with van der Waals surface area (Å²) in [5.41, 5.74) is 5.43. The number of carboxylic acids is 1. The summed E-state index contributed by atoms with van der Waals surface area (Å²) in [6.07, 6.45) is 2.01. The zero-order valence-electron chi connectivity index (χ0n) is 13.1. The van der Waals surface area contributed by atoms with Crippen LogP contribution in [-0.2, 0) is 14.4 Å². The molecule has 0 saturated heterocycles. The van der Waals surface area contributed by atoms with E-state index in [-0.39, 0.29) is 5.56 Å². The van der Waals surface area contributed by atoms with Crippen molar-refractivity contribution < 1.29 is 19.5 Å². The molecule has 0 aliphatic rings. The van der Waals surface area contributed by atoms with Crippen molar-refractivity contribution in [1.29, 1.82) is 0 Å². The number of hydrogen-bond donors (Lipinski definition) is 3. The maximum absolute atomic E-state index is 12.4. The molecule has 2 unspecified atom stereocenters. The summed E-state index contributed by atoms with van der Waals surface area (Å²) in [6.45, 7) is 3.63. The van der Waals surface area contributed by atoms with E-state index in [1.807, 2.05) is 6.92 Å². The van der Waals surface area contributed by atoms with Gasteiger partial charge in [0.25, 0.3) is 5.56 Å². The highest BCUT2D eigenvalue weighted by Gasteiger charge is 2.27. The number of carboxylic acid groups (broad SMARTS) is 1. The molecule has 8 heteroatoms. The zero-order chi connectivity index (χ0) is 17.6. The standard InChI is InChI=1S/C15H21N3O5/c1-3-4-11(18-8-9(2)5-6-13(18)20)14(21)17-10(15(22)23)7-12(16)19/h5-6,8,10-11H,3-4,7H2,1-2H3,(H2,16,19)(H,17,21)(H,22,23). The molecule has 126 valence electrons. The average molecular weight is 323 g/mol. The number of hydrogen-bond acceptors (Lipinski definition) is 4. The molecule has 1 aromatic heterocycles. The maximum Gasteiger partial charge on any atom is 0.326 e. The minimum absolute atomic E-state index is 0.356. The molecule has 0 fully saturated rings. The molecule has 0 saturated carbocycles. The second-order valence-corrected chi connectivity index (χ2v) is 5.33. The molecule has 0 aliphatic carbocycles. The summed E-state index contributed by atoms with van der Waals surface area (Å²) in [5.74, 6) is -2.82. The predicted octanol–water partition coefficient (Wildman–Crippen LogP) is -0.0573. The van der Waals surface area contributed by atoms with Crippen LogP contribution in [0.3, 0.4) is 0 Å². The first-order chi connectivity index (χ1) is 10.8. The molecule has 2 amide bonds. The van der Waals surface area contributed by atoms with E-state index in [1.54, 1.807) is 19.2 Å². The lowest BCUT2D eigenvalue weighted by atomic mass is 10.1. The van der Waals surface area contributed by atoms with E-state index in [1.165, 1.54) is 10.6 Å². The van der Waals surface area contributed by atoms with Gasteiger partial charge in [-0.3, -0.25) is 14.4 Å². The Morgan fingerprint density at radius 1 is 1.35 bits per heavy atom. The van der Waals surface area contributed by atoms with Crippen molar-refractivity contribution in [2.24, 2.45) is 5.73 Å². The van der Waals surface area contributed by atoms with Gasteiger partial charge < -0.3 is 20.7 Å². The smallest absolute Gasteiger partial charge is 0.326 e. The first-order valence-corrected chi connectivity index (χ1v) is 7.26. The number of pyridine rings is 1. The van der Waals surface area contributed by atoms with Gasteiger partial charge in [-0.25, -0.2) is 4.79 Å². The highest BCUT2D eigenvalue weighted by molar-refractivity contribution is 5.89. The van der Waals surface area contributed by atoms with E-state index >= 15 is 0 Å². The summed E-state index contributed by atoms with van der Waals surface area (Å²) in [5, 5.41) is 11.3. The number of rotatable bonds is 8. The predicted molar refractivity (Wildman–Crippen MR) is 82.8 cm³/mol. The SMILES string of the molecule is CCCC(C(=O)NC(CC(N)=O)C(=O)O)n1cc(C)ccc1=O. The highest BCUT2D eigenvalue weighted by Crippen LogP contribution is 2.13. The maximum atomic E-state index is 12.4. The van der Waals surface area contributed by atoms with Gasteiger partial charge in [-0.1, -0.05) is 19.4 Å². The van der Waals surface area contributed by atoms with Crippen molar-refractivity contribution in [3.63, 3.8) is 0 Å². The van der Waals surface area contributed by atoms with Crippen molar-refractivity contribution in [3.05, 3.63) is 34.2 Å². The molecule has 1 aromatic rings. The fourth-order valence-corrected chi connectivity index (χ4v) is 2.20. The van der Waals surface area contributed by atoms with Gasteiger partial charge in [0.2, 0.25) is 11.8 Å². The van der Waals surface area contributed by atoms with Gasteiger partial charge in [0, 0.05) is 12.3 Å². The quantitative estimate of drug-likeness (QED) is 0.617. The number of aliphatic carboxylic acids is 1. The van der Waals surface area contributed by atoms with Crippen LogP contribution in [-0.4, -0.2) is 33.5 Å². The largest absolute Gasteiger partial charge is 0.480 e. The number of nitrogens with zero attached hydrogens (tertiary/aromatic N) is 1. The molecule has 0 radical (unpaired) electrons. The van der Waals surface area contributed by atoms with Crippen molar-refractivity contribution in [2.45, 2.75) is 45.2 Å². The molecular formula is C15H21N3O5. The van der Waals surface area contributed by atoms with Gasteiger partial charge in [0.15, 0.2) is 0 Å². The van der Waals surface area contributed by atoms with Crippen LogP contribution in [0.2, 0.25) is 0 Å². The number of aromatic nitrogens is 1. The van der Waals surface area contributed by atoms with Gasteiger partial charge >= 0.3 is 5.97 Å². The van der Waals surface area contributed by atoms with E-state index in [0.29, 0.717) is 12.8 Å². The Balaban J connectivity index is 3.06. The summed E-state index contributed by atoms with van der Waals surface area (Å²) in [6, 6.07) is 0.720. The Bertz CT molecular complexity index is 653. The summed E-state index contributed by atoms with van der Waals surface area (Å²) >= 11 is 0. The molecule has 2 atom stereocenters. The fraction of sp³-hybridized carbons (Fsp3) is 0.467. The van der Waals surface area contributed by atoms with Crippen LogP contribution in [0, 0.1) is 6.92 Å². The monoisotopic (exact) mass is 323 g/mol. The van der Waals surface area contributed by atoms with Gasteiger partial charge in [-0.15, -0.1) is 0 Å². The molecule has 23 heavy (non-hydrogen) atoms. The lowest BCUT2D eigenvalue weighted by molar-refractivity contribution is -0.143. The third-order valence-electron chi connectivity index (χ3n) is 3.31. The normalized spacial score (nSPS) is 13.1. The van der Waals surface area contributed by atoms with E-state index < -0.39 is 36.3 Å². The summed E-state index contributed by atoms with van der Waals surface area (Å²) in [4.78, 5) is 46.4. The fourth-order valence-electron chi connectivity index (χ4n) is 2.20. The van der Waals surface area contributed by atoms with E-state index in [2.05, 4.69) is 5.32 Å². The molecule has 0 bridgehead atoms. The number of aryl methyl sites for hydroxylation is 1. The van der Waals surface area contributed by atoms with Crippen LogP contribution < -0.4 is 16.6 Å². The van der Waals surface area contributed by atoms with Crippen LogP contribution in [0.4, 0.5) is 0 Å². The molecule has 1 rings (SSSR count). The van der Waals surface area contributed by atoms with E-state index in [4.69, 9.17) is 10.8 Å². The minimum atomic E-state index is -1.42. The minimum Gasteiger partial charge on any atom is -0.480 e. The Labute approximate surface area is 133 Å². The number of nitrogens with one attached hydrogen (secondary N) is 1. The number of nitrogens with two attached hydrogens (primary N) is 1. The molecule has 0 spiro atoms. The molecule has 4 N–H and O–H groups in total. The van der Waals surface area contributed by atoms with Gasteiger partial charge in [-0.05, 0) is 18.9 Å². The second-order valence-electron chi connectivity index (χ2n) is 5.33. The first kappa shape index (κ1) is 18.4. The van der Waals surface area contributed by atoms with Crippen LogP contribution in [0.1, 0.15) is 37.8 Å². The molecule has 0 aliphatic heterocycles. The van der Waals surface area contributed by atoms with Crippen LogP contribution >= 0.6 is 0 Å².